The minimum atomic E-state index is -0.180. The van der Waals surface area contributed by atoms with Crippen LogP contribution in [0.3, 0.4) is 0 Å². The van der Waals surface area contributed by atoms with Crippen LogP contribution in [0.15, 0.2) is 30.5 Å². The van der Waals surface area contributed by atoms with E-state index in [1.165, 1.54) is 43.2 Å². The van der Waals surface area contributed by atoms with E-state index in [0.29, 0.717) is 5.92 Å². The van der Waals surface area contributed by atoms with Gasteiger partial charge in [0.05, 0.1) is 0 Å². The van der Waals surface area contributed by atoms with Gasteiger partial charge in [0.1, 0.15) is 0 Å². The number of rotatable bonds is 3. The van der Waals surface area contributed by atoms with Crippen LogP contribution >= 0.6 is 0 Å². The van der Waals surface area contributed by atoms with E-state index in [1.54, 1.807) is 6.20 Å². The molecule has 0 atom stereocenters. The Labute approximate surface area is 121 Å². The van der Waals surface area contributed by atoms with E-state index in [0.717, 1.165) is 5.69 Å². The van der Waals surface area contributed by atoms with E-state index in [-0.39, 0.29) is 6.03 Å². The number of hydrogen-bond acceptors (Lipinski definition) is 1. The second kappa shape index (κ2) is 7.13. The first-order valence-corrected chi connectivity index (χ1v) is 7.46. The van der Waals surface area contributed by atoms with E-state index in [4.69, 9.17) is 0 Å². The van der Waals surface area contributed by atoms with E-state index < -0.39 is 0 Å². The number of benzene rings is 1. The Balaban J connectivity index is 1.79. The molecule has 1 aromatic carbocycles. The van der Waals surface area contributed by atoms with Crippen molar-refractivity contribution in [3.8, 4) is 0 Å². The van der Waals surface area contributed by atoms with Crippen molar-refractivity contribution in [2.75, 3.05) is 5.32 Å². The molecule has 0 bridgehead atoms. The molecule has 20 heavy (non-hydrogen) atoms. The molecule has 0 heterocycles. The van der Waals surface area contributed by atoms with Crippen molar-refractivity contribution in [1.29, 1.82) is 0 Å². The zero-order valence-electron chi connectivity index (χ0n) is 12.4. The van der Waals surface area contributed by atoms with Gasteiger partial charge in [-0.2, -0.15) is 0 Å². The molecule has 1 aromatic rings. The summed E-state index contributed by atoms with van der Waals surface area (Å²) < 4.78 is 0. The first kappa shape index (κ1) is 14.6. The maximum Gasteiger partial charge on any atom is 0.323 e. The summed E-state index contributed by atoms with van der Waals surface area (Å²) in [5.41, 5.74) is 3.24. The van der Waals surface area contributed by atoms with Gasteiger partial charge >= 0.3 is 6.03 Å². The number of hydrogen-bond donors (Lipinski definition) is 2. The van der Waals surface area contributed by atoms with Gasteiger partial charge in [0.25, 0.3) is 0 Å². The van der Waals surface area contributed by atoms with Gasteiger partial charge in [-0.05, 0) is 55.9 Å². The van der Waals surface area contributed by atoms with Crippen LogP contribution < -0.4 is 10.6 Å². The summed E-state index contributed by atoms with van der Waals surface area (Å²) in [6, 6.07) is 5.75. The fraction of sp³-hybridized carbons (Fsp3) is 0.471. The van der Waals surface area contributed by atoms with Crippen molar-refractivity contribution in [2.24, 2.45) is 5.92 Å². The molecule has 0 aliphatic heterocycles. The molecule has 3 nitrogen and oxygen atoms in total. The zero-order valence-corrected chi connectivity index (χ0v) is 12.4. The van der Waals surface area contributed by atoms with Gasteiger partial charge in [-0.15, -0.1) is 0 Å². The van der Waals surface area contributed by atoms with Gasteiger partial charge in [-0.3, -0.25) is 0 Å². The summed E-state index contributed by atoms with van der Waals surface area (Å²) >= 11 is 0. The van der Waals surface area contributed by atoms with Crippen molar-refractivity contribution in [3.05, 3.63) is 41.6 Å². The summed E-state index contributed by atoms with van der Waals surface area (Å²) in [4.78, 5) is 11.8. The van der Waals surface area contributed by atoms with Crippen LogP contribution in [0, 0.1) is 19.8 Å². The molecule has 0 saturated heterocycles. The molecule has 0 radical (unpaired) electrons. The van der Waals surface area contributed by atoms with Gasteiger partial charge in [-0.25, -0.2) is 4.79 Å². The van der Waals surface area contributed by atoms with E-state index >= 15 is 0 Å². The Morgan fingerprint density at radius 2 is 1.90 bits per heavy atom. The predicted octanol–water partition coefficient (Wildman–Crippen LogP) is 4.52. The molecule has 0 spiro atoms. The van der Waals surface area contributed by atoms with Crippen molar-refractivity contribution in [3.63, 3.8) is 0 Å². The van der Waals surface area contributed by atoms with Gasteiger partial charge in [-0.1, -0.05) is 31.4 Å². The topological polar surface area (TPSA) is 41.1 Å². The van der Waals surface area contributed by atoms with Crippen LogP contribution in [0.4, 0.5) is 10.5 Å². The number of urea groups is 1. The lowest BCUT2D eigenvalue weighted by molar-refractivity contribution is 0.255. The van der Waals surface area contributed by atoms with Gasteiger partial charge in [0.15, 0.2) is 0 Å². The Hall–Kier alpha value is -1.77. The molecular weight excluding hydrogens is 248 g/mol. The molecule has 1 aliphatic carbocycles. The third-order valence-corrected chi connectivity index (χ3v) is 4.00. The fourth-order valence-corrected chi connectivity index (χ4v) is 2.57. The molecule has 2 N–H and O–H groups in total. The number of amides is 2. The highest BCUT2D eigenvalue weighted by Gasteiger charge is 2.09. The number of allylic oxidation sites excluding steroid dienone is 1. The predicted molar refractivity (Wildman–Crippen MR) is 83.8 cm³/mol. The monoisotopic (exact) mass is 272 g/mol. The number of carbonyl (C=O) groups excluding carboxylic acids is 1. The van der Waals surface area contributed by atoms with Crippen LogP contribution in [0.25, 0.3) is 0 Å². The Kier molecular flexibility index (Phi) is 5.22. The lowest BCUT2D eigenvalue weighted by Gasteiger charge is -2.17. The maximum atomic E-state index is 11.8. The summed E-state index contributed by atoms with van der Waals surface area (Å²) in [7, 11) is 0. The second-order valence-corrected chi connectivity index (χ2v) is 5.65. The smallest absolute Gasteiger partial charge is 0.315 e. The summed E-state index contributed by atoms with van der Waals surface area (Å²) in [6.45, 7) is 4.10. The Morgan fingerprint density at radius 3 is 2.60 bits per heavy atom. The van der Waals surface area contributed by atoms with Crippen molar-refractivity contribution in [2.45, 2.75) is 46.0 Å². The lowest BCUT2D eigenvalue weighted by Crippen LogP contribution is -2.24. The second-order valence-electron chi connectivity index (χ2n) is 5.65. The van der Waals surface area contributed by atoms with Crippen LogP contribution in [0.2, 0.25) is 0 Å². The summed E-state index contributed by atoms with van der Waals surface area (Å²) in [5, 5.41) is 5.63. The van der Waals surface area contributed by atoms with E-state index in [9.17, 15) is 4.79 Å². The van der Waals surface area contributed by atoms with Crippen LogP contribution in [-0.4, -0.2) is 6.03 Å². The third-order valence-electron chi connectivity index (χ3n) is 4.00. The summed E-state index contributed by atoms with van der Waals surface area (Å²) in [5.74, 6) is 0.630. The summed E-state index contributed by atoms with van der Waals surface area (Å²) in [6.07, 6.45) is 10.4. The van der Waals surface area contributed by atoms with Crippen LogP contribution in [0.1, 0.15) is 43.2 Å². The van der Waals surface area contributed by atoms with Crippen molar-refractivity contribution >= 4 is 11.7 Å². The fourth-order valence-electron chi connectivity index (χ4n) is 2.57. The highest BCUT2D eigenvalue weighted by Crippen LogP contribution is 2.24. The third kappa shape index (κ3) is 4.41. The molecular formula is C17H24N2O. The number of anilines is 1. The molecule has 108 valence electrons. The first-order valence-electron chi connectivity index (χ1n) is 7.46. The lowest BCUT2D eigenvalue weighted by atomic mass is 9.89. The molecule has 0 unspecified atom stereocenters. The van der Waals surface area contributed by atoms with Gasteiger partial charge in [0, 0.05) is 11.9 Å². The van der Waals surface area contributed by atoms with Gasteiger partial charge in [0.2, 0.25) is 0 Å². The number of aryl methyl sites for hydroxylation is 2. The highest BCUT2D eigenvalue weighted by atomic mass is 16.2. The normalized spacial score (nSPS) is 16.3. The molecule has 1 fully saturated rings. The van der Waals surface area contributed by atoms with Crippen LogP contribution in [-0.2, 0) is 0 Å². The quantitative estimate of drug-likeness (QED) is 0.834. The molecule has 2 amide bonds. The maximum absolute atomic E-state index is 11.8. The molecule has 1 aliphatic rings. The number of nitrogens with one attached hydrogen (secondary N) is 2. The minimum absolute atomic E-state index is 0.180. The minimum Gasteiger partial charge on any atom is -0.315 e. The number of carbonyl (C=O) groups is 1. The largest absolute Gasteiger partial charge is 0.323 e. The average molecular weight is 272 g/mol. The molecule has 1 saturated carbocycles. The first-order chi connectivity index (χ1) is 9.65. The SMILES string of the molecule is Cc1ccc(NC(=O)N/C=C/C2CCCCC2)cc1C. The highest BCUT2D eigenvalue weighted by molar-refractivity contribution is 5.89. The zero-order chi connectivity index (χ0) is 14.4. The van der Waals surface area contributed by atoms with Crippen LogP contribution in [0.5, 0.6) is 0 Å². The van der Waals surface area contributed by atoms with Crippen molar-refractivity contribution in [1.82, 2.24) is 5.32 Å². The molecule has 3 heteroatoms. The Bertz CT molecular complexity index is 488. The molecule has 0 aromatic heterocycles. The Morgan fingerprint density at radius 1 is 1.15 bits per heavy atom. The van der Waals surface area contributed by atoms with Crippen molar-refractivity contribution < 1.29 is 4.79 Å². The standard InChI is InChI=1S/C17H24N2O/c1-13-8-9-16(12-14(13)2)19-17(20)18-11-10-15-6-4-3-5-7-15/h8-12,15H,3-7H2,1-2H3,(H2,18,19,20)/b11-10+. The van der Waals surface area contributed by atoms with Gasteiger partial charge < -0.3 is 10.6 Å². The average Bonchev–Trinajstić information content (AvgIpc) is 2.44. The van der Waals surface area contributed by atoms with E-state index in [1.807, 2.05) is 25.1 Å². The van der Waals surface area contributed by atoms with E-state index in [2.05, 4.69) is 23.6 Å². The molecule has 2 rings (SSSR count).